The molecule has 0 aliphatic heterocycles. The zero-order chi connectivity index (χ0) is 14.4. The lowest BCUT2D eigenvalue weighted by atomic mass is 10.0. The lowest BCUT2D eigenvalue weighted by molar-refractivity contribution is 0.317. The van der Waals surface area contributed by atoms with Crippen LogP contribution in [0.4, 0.5) is 0 Å². The van der Waals surface area contributed by atoms with Crippen molar-refractivity contribution in [2.45, 2.75) is 25.4 Å². The monoisotopic (exact) mass is 308 g/mol. The molecule has 1 atom stereocenters. The topological polar surface area (TPSA) is 29.3 Å². The fourth-order valence-electron chi connectivity index (χ4n) is 2.23. The summed E-state index contributed by atoms with van der Waals surface area (Å²) in [5, 5.41) is 0. The van der Waals surface area contributed by atoms with Gasteiger partial charge in [-0.3, -0.25) is 0 Å². The van der Waals surface area contributed by atoms with Crippen molar-refractivity contribution < 1.29 is 0 Å². The maximum Gasteiger partial charge on any atom is 0.0931 e. The number of nitrogens with two attached hydrogens (primary N) is 1. The van der Waals surface area contributed by atoms with Gasteiger partial charge in [-0.25, -0.2) is 0 Å². The third-order valence-electron chi connectivity index (χ3n) is 3.34. The smallest absolute Gasteiger partial charge is 0.0931 e. The summed E-state index contributed by atoms with van der Waals surface area (Å²) < 4.78 is 0.861. The van der Waals surface area contributed by atoms with Crippen molar-refractivity contribution in [1.29, 1.82) is 0 Å². The Bertz CT molecular complexity index is 512. The first-order valence-electron chi connectivity index (χ1n) is 6.88. The van der Waals surface area contributed by atoms with Crippen molar-refractivity contribution in [1.82, 2.24) is 4.90 Å². The Balaban J connectivity index is 1.70. The summed E-state index contributed by atoms with van der Waals surface area (Å²) in [6, 6.07) is 14.5. The summed E-state index contributed by atoms with van der Waals surface area (Å²) in [4.78, 5) is 3.63. The molecule has 0 radical (unpaired) electrons. The number of rotatable bonds is 7. The van der Waals surface area contributed by atoms with Crippen molar-refractivity contribution in [3.05, 3.63) is 57.2 Å². The van der Waals surface area contributed by atoms with E-state index in [4.69, 9.17) is 17.3 Å². The van der Waals surface area contributed by atoms with Crippen molar-refractivity contribution in [3.8, 4) is 0 Å². The van der Waals surface area contributed by atoms with Crippen LogP contribution in [0.2, 0.25) is 4.34 Å². The summed E-state index contributed by atoms with van der Waals surface area (Å²) in [6.45, 7) is 2.01. The van der Waals surface area contributed by atoms with E-state index in [-0.39, 0.29) is 6.04 Å². The van der Waals surface area contributed by atoms with Gasteiger partial charge >= 0.3 is 0 Å². The lowest BCUT2D eigenvalue weighted by Gasteiger charge is -2.17. The fraction of sp³-hybridized carbons (Fsp3) is 0.375. The Morgan fingerprint density at radius 2 is 1.95 bits per heavy atom. The van der Waals surface area contributed by atoms with E-state index in [0.717, 1.165) is 30.3 Å². The first-order valence-corrected chi connectivity index (χ1v) is 8.08. The van der Waals surface area contributed by atoms with Crippen LogP contribution in [0.5, 0.6) is 0 Å². The highest BCUT2D eigenvalue weighted by atomic mass is 35.5. The zero-order valence-corrected chi connectivity index (χ0v) is 13.3. The first kappa shape index (κ1) is 15.5. The van der Waals surface area contributed by atoms with Crippen LogP contribution in [0.1, 0.15) is 29.3 Å². The van der Waals surface area contributed by atoms with Crippen LogP contribution < -0.4 is 5.73 Å². The zero-order valence-electron chi connectivity index (χ0n) is 11.8. The average Bonchev–Trinajstić information content (AvgIpc) is 2.85. The van der Waals surface area contributed by atoms with Crippen LogP contribution in [-0.2, 0) is 6.54 Å². The lowest BCUT2D eigenvalue weighted by Crippen LogP contribution is -2.20. The molecule has 108 valence electrons. The molecule has 2 aromatic rings. The normalized spacial score (nSPS) is 12.8. The highest BCUT2D eigenvalue weighted by Gasteiger charge is 2.07. The molecular weight excluding hydrogens is 288 g/mol. The number of hydrogen-bond donors (Lipinski definition) is 1. The molecular formula is C16H21ClN2S. The molecule has 2 N–H and O–H groups in total. The van der Waals surface area contributed by atoms with Crippen LogP contribution >= 0.6 is 22.9 Å². The Morgan fingerprint density at radius 1 is 1.20 bits per heavy atom. The maximum absolute atomic E-state index is 6.20. The van der Waals surface area contributed by atoms with Crippen LogP contribution in [0, 0.1) is 0 Å². The van der Waals surface area contributed by atoms with Gasteiger partial charge in [-0.15, -0.1) is 11.3 Å². The minimum absolute atomic E-state index is 0.140. The molecule has 1 unspecified atom stereocenters. The molecule has 0 spiro atoms. The van der Waals surface area contributed by atoms with Gasteiger partial charge in [-0.2, -0.15) is 0 Å². The number of halogens is 1. The van der Waals surface area contributed by atoms with E-state index in [9.17, 15) is 0 Å². The van der Waals surface area contributed by atoms with Gasteiger partial charge in [-0.1, -0.05) is 41.9 Å². The molecule has 1 aromatic heterocycles. The van der Waals surface area contributed by atoms with Crippen LogP contribution in [0.3, 0.4) is 0 Å². The standard InChI is InChI=1S/C16H21ClN2S/c1-19(12-14-9-10-16(17)20-14)11-5-8-15(18)13-6-3-2-4-7-13/h2-4,6-7,9-10,15H,5,8,11-12,18H2,1H3. The molecule has 1 aromatic carbocycles. The molecule has 0 aliphatic rings. The maximum atomic E-state index is 6.20. The van der Waals surface area contributed by atoms with Crippen LogP contribution in [0.25, 0.3) is 0 Å². The second-order valence-electron chi connectivity index (χ2n) is 5.10. The molecule has 4 heteroatoms. The first-order chi connectivity index (χ1) is 9.65. The fourth-order valence-corrected chi connectivity index (χ4v) is 3.40. The molecule has 0 bridgehead atoms. The summed E-state index contributed by atoms with van der Waals surface area (Å²) in [5.74, 6) is 0. The van der Waals surface area contributed by atoms with E-state index in [1.165, 1.54) is 10.4 Å². The van der Waals surface area contributed by atoms with Crippen molar-refractivity contribution in [3.63, 3.8) is 0 Å². The molecule has 0 fully saturated rings. The minimum atomic E-state index is 0.140. The molecule has 0 aliphatic carbocycles. The van der Waals surface area contributed by atoms with E-state index >= 15 is 0 Å². The predicted molar refractivity (Wildman–Crippen MR) is 88.3 cm³/mol. The summed E-state index contributed by atoms with van der Waals surface area (Å²) in [6.07, 6.45) is 2.12. The molecule has 2 rings (SSSR count). The van der Waals surface area contributed by atoms with Crippen LogP contribution in [-0.4, -0.2) is 18.5 Å². The molecule has 2 nitrogen and oxygen atoms in total. The second-order valence-corrected chi connectivity index (χ2v) is 6.90. The number of hydrogen-bond acceptors (Lipinski definition) is 3. The van der Waals surface area contributed by atoms with Crippen molar-refractivity contribution >= 4 is 22.9 Å². The third kappa shape index (κ3) is 4.91. The predicted octanol–water partition coefficient (Wildman–Crippen LogP) is 4.31. The Morgan fingerprint density at radius 3 is 2.60 bits per heavy atom. The van der Waals surface area contributed by atoms with Gasteiger partial charge in [0.05, 0.1) is 4.34 Å². The summed E-state index contributed by atoms with van der Waals surface area (Å²) in [5.41, 5.74) is 7.43. The average molecular weight is 309 g/mol. The Hall–Kier alpha value is -0.870. The van der Waals surface area contributed by atoms with Gasteiger partial charge in [0.1, 0.15) is 0 Å². The van der Waals surface area contributed by atoms with Crippen LogP contribution in [0.15, 0.2) is 42.5 Å². The summed E-state index contributed by atoms with van der Waals surface area (Å²) >= 11 is 7.59. The molecule has 1 heterocycles. The Kier molecular flexibility index (Phi) is 6.05. The highest BCUT2D eigenvalue weighted by molar-refractivity contribution is 7.16. The van der Waals surface area contributed by atoms with Gasteiger partial charge < -0.3 is 10.6 Å². The van der Waals surface area contributed by atoms with Gasteiger partial charge in [0.25, 0.3) is 0 Å². The molecule has 0 saturated carbocycles. The summed E-state index contributed by atoms with van der Waals surface area (Å²) in [7, 11) is 2.14. The van der Waals surface area contributed by atoms with E-state index in [2.05, 4.69) is 30.1 Å². The van der Waals surface area contributed by atoms with E-state index in [0.29, 0.717) is 0 Å². The highest BCUT2D eigenvalue weighted by Crippen LogP contribution is 2.22. The largest absolute Gasteiger partial charge is 0.324 e. The molecule has 0 saturated heterocycles. The van der Waals surface area contributed by atoms with Gasteiger partial charge in [0.15, 0.2) is 0 Å². The number of thiophene rings is 1. The van der Waals surface area contributed by atoms with Crippen molar-refractivity contribution in [2.75, 3.05) is 13.6 Å². The SMILES string of the molecule is CN(CCCC(N)c1ccccc1)Cc1ccc(Cl)s1. The van der Waals surface area contributed by atoms with E-state index in [1.807, 2.05) is 24.3 Å². The second kappa shape index (κ2) is 7.79. The van der Waals surface area contributed by atoms with Gasteiger partial charge in [0, 0.05) is 17.5 Å². The third-order valence-corrected chi connectivity index (χ3v) is 4.55. The quantitative estimate of drug-likeness (QED) is 0.825. The minimum Gasteiger partial charge on any atom is -0.324 e. The van der Waals surface area contributed by atoms with E-state index < -0.39 is 0 Å². The van der Waals surface area contributed by atoms with Gasteiger partial charge in [0.2, 0.25) is 0 Å². The van der Waals surface area contributed by atoms with E-state index in [1.54, 1.807) is 11.3 Å². The number of nitrogens with zero attached hydrogens (tertiary/aromatic N) is 1. The van der Waals surface area contributed by atoms with Gasteiger partial charge in [-0.05, 0) is 44.1 Å². The van der Waals surface area contributed by atoms with Crippen molar-refractivity contribution in [2.24, 2.45) is 5.73 Å². The number of benzene rings is 1. The molecule has 20 heavy (non-hydrogen) atoms. The Labute approximate surface area is 130 Å². The molecule has 0 amide bonds.